The Kier molecular flexibility index (Phi) is 5.99. The summed E-state index contributed by atoms with van der Waals surface area (Å²) in [5.74, 6) is 1.42. The van der Waals surface area contributed by atoms with Gasteiger partial charge in [0, 0.05) is 19.2 Å². The van der Waals surface area contributed by atoms with E-state index in [0.717, 1.165) is 36.3 Å². The molecule has 0 spiro atoms. The molecule has 8 heteroatoms. The Hall–Kier alpha value is -1.99. The Morgan fingerprint density at radius 3 is 2.92 bits per heavy atom. The highest BCUT2D eigenvalue weighted by atomic mass is 79.9. The van der Waals surface area contributed by atoms with Gasteiger partial charge in [-0.2, -0.15) is 5.10 Å². The number of carbonyl (C=O) groups is 1. The summed E-state index contributed by atoms with van der Waals surface area (Å²) in [6, 6.07) is 8.78. The van der Waals surface area contributed by atoms with E-state index in [4.69, 9.17) is 20.8 Å². The highest BCUT2D eigenvalue weighted by Gasteiger charge is 2.19. The molecule has 2 heterocycles. The lowest BCUT2D eigenvalue weighted by atomic mass is 10.3. The number of benzene rings is 1. The molecule has 0 saturated carbocycles. The molecule has 132 valence electrons. The number of carbonyl (C=O) groups excluding carboxylic acids is 1. The second kappa shape index (κ2) is 8.40. The third-order valence-corrected chi connectivity index (χ3v) is 4.54. The number of hydrogen-bond donors (Lipinski definition) is 1. The van der Waals surface area contributed by atoms with Gasteiger partial charge in [-0.3, -0.25) is 4.79 Å². The Morgan fingerprint density at radius 1 is 1.40 bits per heavy atom. The molecule has 3 rings (SSSR count). The zero-order valence-electron chi connectivity index (χ0n) is 13.4. The smallest absolute Gasteiger partial charge is 0.277 e. The van der Waals surface area contributed by atoms with Crippen LogP contribution < -0.4 is 15.1 Å². The van der Waals surface area contributed by atoms with Crippen LogP contribution in [0.4, 0.5) is 5.88 Å². The number of hydrogen-bond acceptors (Lipinski definition) is 5. The fourth-order valence-electron chi connectivity index (χ4n) is 2.48. The number of rotatable bonds is 6. The molecule has 1 aromatic heterocycles. The van der Waals surface area contributed by atoms with Crippen LogP contribution in [0.15, 0.2) is 44.3 Å². The second-order valence-electron chi connectivity index (χ2n) is 5.51. The lowest BCUT2D eigenvalue weighted by molar-refractivity contribution is -0.123. The van der Waals surface area contributed by atoms with E-state index >= 15 is 0 Å². The van der Waals surface area contributed by atoms with Crippen molar-refractivity contribution in [2.75, 3.05) is 24.6 Å². The predicted octanol–water partition coefficient (Wildman–Crippen LogP) is 3.82. The number of anilines is 1. The van der Waals surface area contributed by atoms with Crippen molar-refractivity contribution in [1.82, 2.24) is 5.43 Å². The topological polar surface area (TPSA) is 67.1 Å². The molecule has 1 saturated heterocycles. The molecular weight excluding hydrogens is 410 g/mol. The highest BCUT2D eigenvalue weighted by Crippen LogP contribution is 2.31. The molecule has 0 radical (unpaired) electrons. The molecule has 0 aliphatic carbocycles. The quantitative estimate of drug-likeness (QED) is 0.563. The Morgan fingerprint density at radius 2 is 2.16 bits per heavy atom. The van der Waals surface area contributed by atoms with Crippen molar-refractivity contribution in [2.45, 2.75) is 12.8 Å². The van der Waals surface area contributed by atoms with Crippen molar-refractivity contribution in [3.05, 3.63) is 45.6 Å². The maximum Gasteiger partial charge on any atom is 0.277 e. The summed E-state index contributed by atoms with van der Waals surface area (Å²) in [7, 11) is 0. The van der Waals surface area contributed by atoms with Crippen LogP contribution in [-0.4, -0.2) is 31.8 Å². The lowest BCUT2D eigenvalue weighted by Gasteiger charge is -2.13. The van der Waals surface area contributed by atoms with E-state index in [0.29, 0.717) is 16.5 Å². The first-order chi connectivity index (χ1) is 12.1. The van der Waals surface area contributed by atoms with Crippen LogP contribution >= 0.6 is 27.5 Å². The molecular formula is C17H17BrClN3O3. The van der Waals surface area contributed by atoms with Crippen molar-refractivity contribution in [3.8, 4) is 5.75 Å². The SMILES string of the molecule is O=C(COc1ccccc1Cl)N/N=C/c1cc(Br)c(N2CCCC2)o1. The van der Waals surface area contributed by atoms with Crippen LogP contribution in [0.2, 0.25) is 5.02 Å². The number of ether oxygens (including phenoxy) is 1. The first kappa shape index (κ1) is 17.8. The van der Waals surface area contributed by atoms with Gasteiger partial charge in [-0.25, -0.2) is 5.43 Å². The average Bonchev–Trinajstić information content (AvgIpc) is 3.23. The molecule has 1 N–H and O–H groups in total. The summed E-state index contributed by atoms with van der Waals surface area (Å²) in [5, 5.41) is 4.34. The Bertz CT molecular complexity index is 772. The molecule has 1 aliphatic rings. The first-order valence-electron chi connectivity index (χ1n) is 7.87. The molecule has 0 atom stereocenters. The summed E-state index contributed by atoms with van der Waals surface area (Å²) in [4.78, 5) is 13.9. The van der Waals surface area contributed by atoms with E-state index < -0.39 is 0 Å². The van der Waals surface area contributed by atoms with E-state index in [1.807, 2.05) is 6.07 Å². The molecule has 2 aromatic rings. The number of halogens is 2. The molecule has 1 aliphatic heterocycles. The van der Waals surface area contributed by atoms with E-state index in [1.54, 1.807) is 24.3 Å². The van der Waals surface area contributed by atoms with Crippen LogP contribution in [-0.2, 0) is 4.79 Å². The van der Waals surface area contributed by atoms with Gasteiger partial charge in [0.25, 0.3) is 5.91 Å². The van der Waals surface area contributed by atoms with Gasteiger partial charge < -0.3 is 14.1 Å². The van der Waals surface area contributed by atoms with Gasteiger partial charge in [-0.1, -0.05) is 23.7 Å². The largest absolute Gasteiger partial charge is 0.482 e. The molecule has 0 bridgehead atoms. The number of amides is 1. The molecule has 1 fully saturated rings. The number of para-hydroxylation sites is 1. The van der Waals surface area contributed by atoms with Gasteiger partial charge in [-0.05, 0) is 40.9 Å². The summed E-state index contributed by atoms with van der Waals surface area (Å²) < 4.78 is 12.0. The minimum atomic E-state index is -0.387. The van der Waals surface area contributed by atoms with E-state index in [9.17, 15) is 4.79 Å². The van der Waals surface area contributed by atoms with Gasteiger partial charge in [-0.15, -0.1) is 0 Å². The summed E-state index contributed by atoms with van der Waals surface area (Å²) in [6.45, 7) is 1.79. The average molecular weight is 427 g/mol. The fourth-order valence-corrected chi connectivity index (χ4v) is 3.23. The zero-order valence-corrected chi connectivity index (χ0v) is 15.7. The third kappa shape index (κ3) is 4.76. The first-order valence-corrected chi connectivity index (χ1v) is 9.04. The van der Waals surface area contributed by atoms with Crippen LogP contribution in [0, 0.1) is 0 Å². The Labute approximate surface area is 158 Å². The molecule has 1 aromatic carbocycles. The number of nitrogens with one attached hydrogen (secondary N) is 1. The Balaban J connectivity index is 1.50. The summed E-state index contributed by atoms with van der Waals surface area (Å²) in [5.41, 5.74) is 2.39. The molecule has 0 unspecified atom stereocenters. The van der Waals surface area contributed by atoms with Gasteiger partial charge >= 0.3 is 0 Å². The number of nitrogens with zero attached hydrogens (tertiary/aromatic N) is 2. The minimum Gasteiger partial charge on any atom is -0.482 e. The zero-order chi connectivity index (χ0) is 17.6. The summed E-state index contributed by atoms with van der Waals surface area (Å²) >= 11 is 9.44. The predicted molar refractivity (Wildman–Crippen MR) is 101 cm³/mol. The van der Waals surface area contributed by atoms with Crippen LogP contribution in [0.25, 0.3) is 0 Å². The van der Waals surface area contributed by atoms with Crippen molar-refractivity contribution < 1.29 is 13.9 Å². The van der Waals surface area contributed by atoms with E-state index in [1.165, 1.54) is 6.21 Å². The summed E-state index contributed by atoms with van der Waals surface area (Å²) in [6.07, 6.45) is 3.79. The maximum absolute atomic E-state index is 11.8. The van der Waals surface area contributed by atoms with Gasteiger partial charge in [0.15, 0.2) is 12.4 Å². The van der Waals surface area contributed by atoms with Crippen LogP contribution in [0.3, 0.4) is 0 Å². The van der Waals surface area contributed by atoms with Gasteiger partial charge in [0.2, 0.25) is 5.88 Å². The fraction of sp³-hybridized carbons (Fsp3) is 0.294. The lowest BCUT2D eigenvalue weighted by Crippen LogP contribution is -2.24. The van der Waals surface area contributed by atoms with Crippen LogP contribution in [0.5, 0.6) is 5.75 Å². The molecule has 1 amide bonds. The number of furan rings is 1. The molecule has 25 heavy (non-hydrogen) atoms. The standard InChI is InChI=1S/C17H17BrClN3O3/c18-13-9-12(25-17(13)22-7-3-4-8-22)10-20-21-16(23)11-24-15-6-2-1-5-14(15)19/h1-2,5-6,9-10H,3-4,7-8,11H2,(H,21,23)/b20-10+. The van der Waals surface area contributed by atoms with Crippen molar-refractivity contribution in [3.63, 3.8) is 0 Å². The monoisotopic (exact) mass is 425 g/mol. The van der Waals surface area contributed by atoms with Crippen molar-refractivity contribution in [1.29, 1.82) is 0 Å². The van der Waals surface area contributed by atoms with Gasteiger partial charge in [0.1, 0.15) is 5.75 Å². The van der Waals surface area contributed by atoms with Crippen molar-refractivity contribution >= 4 is 45.5 Å². The van der Waals surface area contributed by atoms with Crippen LogP contribution in [0.1, 0.15) is 18.6 Å². The van der Waals surface area contributed by atoms with Gasteiger partial charge in [0.05, 0.1) is 15.7 Å². The second-order valence-corrected chi connectivity index (χ2v) is 6.77. The number of hydrazone groups is 1. The van der Waals surface area contributed by atoms with E-state index in [2.05, 4.69) is 31.4 Å². The highest BCUT2D eigenvalue weighted by molar-refractivity contribution is 9.10. The maximum atomic E-state index is 11.8. The van der Waals surface area contributed by atoms with Crippen molar-refractivity contribution in [2.24, 2.45) is 5.10 Å². The normalized spacial score (nSPS) is 14.2. The third-order valence-electron chi connectivity index (χ3n) is 3.66. The van der Waals surface area contributed by atoms with E-state index in [-0.39, 0.29) is 12.5 Å². The molecule has 6 nitrogen and oxygen atoms in total. The minimum absolute atomic E-state index is 0.179.